The second-order valence-electron chi connectivity index (χ2n) is 4.38. The van der Waals surface area contributed by atoms with Crippen LogP contribution >= 0.6 is 0 Å². The number of carboxylic acid groups (broad SMARTS) is 1. The van der Waals surface area contributed by atoms with Crippen molar-refractivity contribution >= 4 is 5.97 Å². The lowest BCUT2D eigenvalue weighted by Gasteiger charge is -2.30. The first-order valence-electron chi connectivity index (χ1n) is 4.79. The average molecular weight is 170 g/mol. The molecule has 1 aliphatic carbocycles. The molecule has 1 fully saturated rings. The summed E-state index contributed by atoms with van der Waals surface area (Å²) in [5.74, 6) is 1.23. The fraction of sp³-hybridized carbons (Fsp3) is 0.900. The third-order valence-electron chi connectivity index (χ3n) is 2.74. The summed E-state index contributed by atoms with van der Waals surface area (Å²) < 4.78 is 0. The summed E-state index contributed by atoms with van der Waals surface area (Å²) in [6.45, 7) is 4.45. The lowest BCUT2D eigenvalue weighted by atomic mass is 9.75. The first kappa shape index (κ1) is 9.56. The Kier molecular flexibility index (Phi) is 3.12. The summed E-state index contributed by atoms with van der Waals surface area (Å²) in [6, 6.07) is 0. The Bertz CT molecular complexity index is 155. The van der Waals surface area contributed by atoms with Crippen molar-refractivity contribution in [3.8, 4) is 0 Å². The molecule has 12 heavy (non-hydrogen) atoms. The highest BCUT2D eigenvalue weighted by Gasteiger charge is 2.25. The van der Waals surface area contributed by atoms with Crippen molar-refractivity contribution in [1.82, 2.24) is 0 Å². The molecule has 70 valence electrons. The van der Waals surface area contributed by atoms with Gasteiger partial charge < -0.3 is 5.11 Å². The Hall–Kier alpha value is -0.530. The van der Waals surface area contributed by atoms with Crippen LogP contribution in [0, 0.1) is 17.8 Å². The van der Waals surface area contributed by atoms with Gasteiger partial charge in [0.25, 0.3) is 0 Å². The van der Waals surface area contributed by atoms with E-state index in [0.717, 1.165) is 24.7 Å². The van der Waals surface area contributed by atoms with Crippen molar-refractivity contribution in [2.45, 2.75) is 39.5 Å². The maximum Gasteiger partial charge on any atom is 0.303 e. The molecule has 1 rings (SSSR count). The fourth-order valence-corrected chi connectivity index (χ4v) is 2.53. The Morgan fingerprint density at radius 2 is 1.75 bits per heavy atom. The second-order valence-corrected chi connectivity index (χ2v) is 4.38. The van der Waals surface area contributed by atoms with Crippen LogP contribution in [0.5, 0.6) is 0 Å². The van der Waals surface area contributed by atoms with Gasteiger partial charge >= 0.3 is 5.97 Å². The van der Waals surface area contributed by atoms with Gasteiger partial charge in [0.1, 0.15) is 0 Å². The average Bonchev–Trinajstić information content (AvgIpc) is 1.81. The molecule has 2 heteroatoms. The zero-order valence-corrected chi connectivity index (χ0v) is 7.92. The lowest BCUT2D eigenvalue weighted by Crippen LogP contribution is -2.21. The minimum absolute atomic E-state index is 0.370. The summed E-state index contributed by atoms with van der Waals surface area (Å²) >= 11 is 0. The third kappa shape index (κ3) is 2.84. The molecule has 0 radical (unpaired) electrons. The van der Waals surface area contributed by atoms with Crippen molar-refractivity contribution in [1.29, 1.82) is 0 Å². The standard InChI is InChI=1S/C10H18O2/c1-7-3-8(2)5-9(4-7)6-10(11)12/h7-9H,3-6H2,1-2H3,(H,11,12). The zero-order chi connectivity index (χ0) is 9.14. The van der Waals surface area contributed by atoms with E-state index in [1.807, 2.05) is 0 Å². The topological polar surface area (TPSA) is 37.3 Å². The first-order valence-corrected chi connectivity index (χ1v) is 4.79. The molecule has 0 heterocycles. The highest BCUT2D eigenvalue weighted by Crippen LogP contribution is 2.34. The summed E-state index contributed by atoms with van der Waals surface area (Å²) in [6.07, 6.45) is 3.86. The van der Waals surface area contributed by atoms with Gasteiger partial charge in [0, 0.05) is 6.42 Å². The summed E-state index contributed by atoms with van der Waals surface area (Å²) in [5, 5.41) is 8.64. The minimum Gasteiger partial charge on any atom is -0.481 e. The molecule has 0 saturated heterocycles. The molecule has 2 atom stereocenters. The van der Waals surface area contributed by atoms with E-state index in [0.29, 0.717) is 12.3 Å². The number of carbonyl (C=O) groups is 1. The summed E-state index contributed by atoms with van der Waals surface area (Å²) in [4.78, 5) is 10.5. The van der Waals surface area contributed by atoms with E-state index in [-0.39, 0.29) is 0 Å². The molecular weight excluding hydrogens is 152 g/mol. The predicted molar refractivity (Wildman–Crippen MR) is 47.9 cm³/mol. The third-order valence-corrected chi connectivity index (χ3v) is 2.74. The highest BCUT2D eigenvalue weighted by atomic mass is 16.4. The van der Waals surface area contributed by atoms with Crippen LogP contribution in [0.3, 0.4) is 0 Å². The predicted octanol–water partition coefficient (Wildman–Crippen LogP) is 2.53. The van der Waals surface area contributed by atoms with Crippen LogP contribution < -0.4 is 0 Å². The van der Waals surface area contributed by atoms with Gasteiger partial charge in [-0.05, 0) is 37.0 Å². The molecule has 0 aromatic rings. The molecule has 0 spiro atoms. The monoisotopic (exact) mass is 170 g/mol. The maximum atomic E-state index is 10.5. The lowest BCUT2D eigenvalue weighted by molar-refractivity contribution is -0.138. The fourth-order valence-electron chi connectivity index (χ4n) is 2.53. The molecule has 0 aromatic heterocycles. The molecule has 0 amide bonds. The Labute approximate surface area is 74.0 Å². The van der Waals surface area contributed by atoms with E-state index in [1.54, 1.807) is 0 Å². The quantitative estimate of drug-likeness (QED) is 0.691. The number of hydrogen-bond acceptors (Lipinski definition) is 1. The highest BCUT2D eigenvalue weighted by molar-refractivity contribution is 5.67. The molecule has 1 saturated carbocycles. The van der Waals surface area contributed by atoms with Gasteiger partial charge in [0.05, 0.1) is 0 Å². The summed E-state index contributed by atoms with van der Waals surface area (Å²) in [5.41, 5.74) is 0. The maximum absolute atomic E-state index is 10.5. The molecule has 2 unspecified atom stereocenters. The SMILES string of the molecule is CC1CC(C)CC(CC(=O)O)C1. The van der Waals surface area contributed by atoms with E-state index >= 15 is 0 Å². The van der Waals surface area contributed by atoms with Crippen LogP contribution in [0.1, 0.15) is 39.5 Å². The van der Waals surface area contributed by atoms with Crippen LogP contribution in [0.4, 0.5) is 0 Å². The van der Waals surface area contributed by atoms with Crippen LogP contribution in [-0.4, -0.2) is 11.1 Å². The zero-order valence-electron chi connectivity index (χ0n) is 7.92. The van der Waals surface area contributed by atoms with Crippen molar-refractivity contribution < 1.29 is 9.90 Å². The van der Waals surface area contributed by atoms with Crippen LogP contribution in [0.25, 0.3) is 0 Å². The van der Waals surface area contributed by atoms with Crippen molar-refractivity contribution in [2.24, 2.45) is 17.8 Å². The van der Waals surface area contributed by atoms with Gasteiger partial charge in [-0.2, -0.15) is 0 Å². The molecule has 2 nitrogen and oxygen atoms in total. The number of hydrogen-bond donors (Lipinski definition) is 1. The Morgan fingerprint density at radius 1 is 1.25 bits per heavy atom. The van der Waals surface area contributed by atoms with Gasteiger partial charge in [0.15, 0.2) is 0 Å². The summed E-state index contributed by atoms with van der Waals surface area (Å²) in [7, 11) is 0. The molecule has 0 aromatic carbocycles. The smallest absolute Gasteiger partial charge is 0.303 e. The Balaban J connectivity index is 2.38. The molecule has 0 bridgehead atoms. The van der Waals surface area contributed by atoms with E-state index in [2.05, 4.69) is 13.8 Å². The van der Waals surface area contributed by atoms with Crippen molar-refractivity contribution in [3.63, 3.8) is 0 Å². The number of rotatable bonds is 2. The van der Waals surface area contributed by atoms with Gasteiger partial charge in [-0.15, -0.1) is 0 Å². The molecule has 1 N–H and O–H groups in total. The van der Waals surface area contributed by atoms with E-state index in [1.165, 1.54) is 6.42 Å². The molecule has 0 aliphatic heterocycles. The van der Waals surface area contributed by atoms with Crippen LogP contribution in [0.15, 0.2) is 0 Å². The van der Waals surface area contributed by atoms with Gasteiger partial charge in [-0.3, -0.25) is 4.79 Å². The van der Waals surface area contributed by atoms with Crippen molar-refractivity contribution in [3.05, 3.63) is 0 Å². The molecule has 1 aliphatic rings. The van der Waals surface area contributed by atoms with E-state index < -0.39 is 5.97 Å². The normalized spacial score (nSPS) is 36.3. The van der Waals surface area contributed by atoms with Crippen LogP contribution in [-0.2, 0) is 4.79 Å². The van der Waals surface area contributed by atoms with Gasteiger partial charge in [-0.1, -0.05) is 13.8 Å². The largest absolute Gasteiger partial charge is 0.481 e. The van der Waals surface area contributed by atoms with E-state index in [9.17, 15) is 4.79 Å². The number of carboxylic acids is 1. The first-order chi connectivity index (χ1) is 5.58. The van der Waals surface area contributed by atoms with Crippen molar-refractivity contribution in [2.75, 3.05) is 0 Å². The minimum atomic E-state index is -0.638. The Morgan fingerprint density at radius 3 is 2.17 bits per heavy atom. The van der Waals surface area contributed by atoms with Crippen LogP contribution in [0.2, 0.25) is 0 Å². The number of aliphatic carboxylic acids is 1. The van der Waals surface area contributed by atoms with E-state index in [4.69, 9.17) is 5.11 Å². The second kappa shape index (κ2) is 3.92. The van der Waals surface area contributed by atoms with Gasteiger partial charge in [0.2, 0.25) is 0 Å². The molecular formula is C10H18O2. The van der Waals surface area contributed by atoms with Gasteiger partial charge in [-0.25, -0.2) is 0 Å².